The van der Waals surface area contributed by atoms with Crippen molar-refractivity contribution in [2.45, 2.75) is 103 Å². The van der Waals surface area contributed by atoms with Crippen LogP contribution in [0.4, 0.5) is 11.4 Å². The van der Waals surface area contributed by atoms with Crippen molar-refractivity contribution in [1.29, 1.82) is 0 Å². The number of methoxy groups -OCH3 is 2. The van der Waals surface area contributed by atoms with E-state index in [1.807, 2.05) is 137 Å². The molecular formula is C79H85N19O11. The van der Waals surface area contributed by atoms with E-state index in [9.17, 15) is 28.8 Å². The number of anilines is 1. The van der Waals surface area contributed by atoms with Crippen LogP contribution in [0.2, 0.25) is 0 Å². The Morgan fingerprint density at radius 3 is 1.34 bits per heavy atom. The number of ether oxygens (including phenoxy) is 2. The predicted octanol–water partition coefficient (Wildman–Crippen LogP) is 9.72. The Bertz CT molecular complexity index is 5330. The Labute approximate surface area is 627 Å². The van der Waals surface area contributed by atoms with Crippen LogP contribution in [0, 0.1) is 45.1 Å². The smallest absolute Gasteiger partial charge is 0.230 e. The van der Waals surface area contributed by atoms with Gasteiger partial charge in [0.15, 0.2) is 5.69 Å². The molecule has 0 spiro atoms. The topological polar surface area (TPSA) is 324 Å². The van der Waals surface area contributed by atoms with Crippen LogP contribution >= 0.6 is 0 Å². The Morgan fingerprint density at radius 2 is 0.936 bits per heavy atom. The molecule has 3 atom stereocenters. The Kier molecular flexibility index (Phi) is 20.3. The number of aromatic nitrogens is 12. The number of aryl methyl sites for hydroxylation is 6. The first-order valence-corrected chi connectivity index (χ1v) is 37.0. The summed E-state index contributed by atoms with van der Waals surface area (Å²) in [7, 11) is 8.96. The van der Waals surface area contributed by atoms with Crippen LogP contribution in [0.5, 0.6) is 11.5 Å². The minimum atomic E-state index is -0.361. The molecule has 12 heterocycles. The van der Waals surface area contributed by atoms with Gasteiger partial charge in [0.05, 0.1) is 72.2 Å². The van der Waals surface area contributed by atoms with Crippen molar-refractivity contribution < 1.29 is 51.8 Å². The maximum atomic E-state index is 13.4. The second kappa shape index (κ2) is 30.6. The van der Waals surface area contributed by atoms with Gasteiger partial charge in [0.2, 0.25) is 70.6 Å². The van der Waals surface area contributed by atoms with E-state index >= 15 is 0 Å². The zero-order valence-electron chi connectivity index (χ0n) is 62.2. The molecule has 1 N–H and O–H groups in total. The third-order valence-corrected chi connectivity index (χ3v) is 22.2. The van der Waals surface area contributed by atoms with Gasteiger partial charge in [0.25, 0.3) is 0 Å². The number of rotatable bonds is 14. The second-order valence-electron chi connectivity index (χ2n) is 29.1. The highest BCUT2D eigenvalue weighted by molar-refractivity contribution is 6.00. The monoisotopic (exact) mass is 1480 g/mol. The van der Waals surface area contributed by atoms with Crippen molar-refractivity contribution in [2.75, 3.05) is 78.0 Å². The fourth-order valence-corrected chi connectivity index (χ4v) is 16.0. The molecule has 0 aliphatic carbocycles. The van der Waals surface area contributed by atoms with Gasteiger partial charge in [-0.25, -0.2) is 4.85 Å². The largest absolute Gasteiger partial charge is 0.497 e. The highest BCUT2D eigenvalue weighted by Gasteiger charge is 2.41. The molecule has 0 bridgehead atoms. The van der Waals surface area contributed by atoms with Crippen LogP contribution < -0.4 is 19.7 Å². The third-order valence-electron chi connectivity index (χ3n) is 22.2. The lowest BCUT2D eigenvalue weighted by molar-refractivity contribution is -0.137. The summed E-state index contributed by atoms with van der Waals surface area (Å²) in [5.74, 6) is 4.22. The Morgan fingerprint density at radius 1 is 0.514 bits per heavy atom. The lowest BCUT2D eigenvalue weighted by Gasteiger charge is -2.32. The molecule has 6 aliphatic heterocycles. The number of carbonyl (C=O) groups is 6. The van der Waals surface area contributed by atoms with Gasteiger partial charge in [0.1, 0.15) is 11.5 Å². The van der Waals surface area contributed by atoms with Gasteiger partial charge in [-0.3, -0.25) is 42.8 Å². The minimum Gasteiger partial charge on any atom is -0.497 e. The molecule has 17 rings (SSSR count). The van der Waals surface area contributed by atoms with Crippen molar-refractivity contribution in [3.63, 3.8) is 0 Å². The van der Waals surface area contributed by atoms with Crippen LogP contribution in [0.1, 0.15) is 116 Å². The van der Waals surface area contributed by atoms with E-state index < -0.39 is 0 Å². The van der Waals surface area contributed by atoms with E-state index in [0.717, 1.165) is 116 Å². The number of hydrogen-bond donors (Lipinski definition) is 1. The SMILES string of the molecule is COc1ccc(CN2CC(C(=O)N3CCC(c4nc(-c5ccc6c(C)nn(C)c6c5)no4)CC3)CC2=O)c(OC)c1.Cc1nn(C)c2cc(-c3noc(C4CCN(C(=O)C5CNC(=O)C5)CC4)n3)ccc12.[C-]#[N+]c1ccc(N2CC(C(=O)N3CCC(c4nc(-c5ccc6c(C)nn(C)c6c5)no4)CC3)CC2=O)cc1. The lowest BCUT2D eigenvalue weighted by Crippen LogP contribution is -2.42. The maximum absolute atomic E-state index is 13.4. The molecule has 6 fully saturated rings. The highest BCUT2D eigenvalue weighted by Crippen LogP contribution is 2.38. The molecule has 6 aliphatic rings. The fraction of sp³-hybridized carbons (Fsp3) is 0.418. The lowest BCUT2D eigenvalue weighted by atomic mass is 9.95. The molecule has 5 aromatic carbocycles. The second-order valence-corrected chi connectivity index (χ2v) is 29.1. The molecule has 30 heteroatoms. The molecule has 30 nitrogen and oxygen atoms in total. The molecule has 6 amide bonds. The molecular weight excluding hydrogens is 1390 g/mol. The standard InChI is InChI=1S/C30H34N6O5.C28H27N7O3.C21H24N6O3/c1-18-24-8-6-20(13-25(24)34(2)32-18)28-31-29(41-33-28)19-9-11-35(12-10-19)30(38)22-14-27(37)36(17-22)16-21-5-7-23(39-3)15-26(21)40-4;1-17-23-9-4-19(14-24(23)33(3)31-17)26-30-27(38-32-26)18-10-12-34(13-11-18)28(37)20-15-25(36)35(16-20)22-7-5-21(29-2)6-8-22;1-12-16-4-3-14(9-17(16)26(2)24-12)19-23-20(30-25-19)13-5-7-27(8-6-13)21(29)15-10-18(28)22-11-15/h5-8,13,15,19,22H,9-12,14,16-17H2,1-4H3;4-9,14,18,20H,10-13,15-16H2,1,3H3;3-4,9,13,15H,5-8,10-11H2,1-2H3,(H,22,28). The van der Waals surface area contributed by atoms with Gasteiger partial charge in [-0.1, -0.05) is 64.0 Å². The average Bonchev–Trinajstić information content (AvgIpc) is 1.74. The number of carbonyl (C=O) groups excluding carboxylic acids is 6. The van der Waals surface area contributed by atoms with Gasteiger partial charge in [0, 0.05) is 174 Å². The van der Waals surface area contributed by atoms with E-state index in [2.05, 4.69) is 50.9 Å². The first-order valence-electron chi connectivity index (χ1n) is 37.0. The van der Waals surface area contributed by atoms with E-state index in [-0.39, 0.29) is 83.8 Å². The fourth-order valence-electron chi connectivity index (χ4n) is 16.0. The van der Waals surface area contributed by atoms with Gasteiger partial charge < -0.3 is 52.9 Å². The molecule has 562 valence electrons. The highest BCUT2D eigenvalue weighted by atomic mass is 16.5. The van der Waals surface area contributed by atoms with Gasteiger partial charge >= 0.3 is 0 Å². The number of amides is 6. The number of benzene rings is 5. The zero-order chi connectivity index (χ0) is 75.9. The minimum absolute atomic E-state index is 0.0167. The number of nitrogens with one attached hydrogen (secondary N) is 1. The number of piperidine rings is 3. The van der Waals surface area contributed by atoms with Gasteiger partial charge in [-0.05, 0) is 102 Å². The molecule has 0 saturated carbocycles. The van der Waals surface area contributed by atoms with E-state index in [1.54, 1.807) is 54.4 Å². The summed E-state index contributed by atoms with van der Waals surface area (Å²) in [5.41, 5.74) is 10.8. The van der Waals surface area contributed by atoms with Crippen LogP contribution in [0.15, 0.2) is 111 Å². The van der Waals surface area contributed by atoms with Crippen molar-refractivity contribution >= 4 is 79.5 Å². The maximum Gasteiger partial charge on any atom is 0.230 e. The summed E-state index contributed by atoms with van der Waals surface area (Å²) in [6.45, 7) is 18.3. The number of nitrogens with zero attached hydrogens (tertiary/aromatic N) is 18. The van der Waals surface area contributed by atoms with Crippen molar-refractivity contribution in [3.8, 4) is 45.7 Å². The van der Waals surface area contributed by atoms with Crippen LogP contribution in [-0.4, -0.2) is 188 Å². The number of hydrogen-bond acceptors (Lipinski definition) is 20. The van der Waals surface area contributed by atoms with E-state index in [0.29, 0.717) is 124 Å². The average molecular weight is 1480 g/mol. The third kappa shape index (κ3) is 14.9. The molecule has 6 aromatic heterocycles. The molecule has 11 aromatic rings. The normalized spacial score (nSPS) is 18.7. The summed E-state index contributed by atoms with van der Waals surface area (Å²) < 4.78 is 33.2. The summed E-state index contributed by atoms with van der Waals surface area (Å²) in [6.07, 6.45) is 5.23. The first-order chi connectivity index (χ1) is 52.7. The predicted molar refractivity (Wildman–Crippen MR) is 399 cm³/mol. The van der Waals surface area contributed by atoms with Crippen LogP contribution in [-0.2, 0) is 56.5 Å². The summed E-state index contributed by atoms with van der Waals surface area (Å²) in [5, 5.41) is 32.1. The quantitative estimate of drug-likeness (QED) is 0.0989. The number of likely N-dealkylation sites (tertiary alicyclic amines) is 4. The summed E-state index contributed by atoms with van der Waals surface area (Å²) in [4.78, 5) is 102. The van der Waals surface area contributed by atoms with Crippen molar-refractivity contribution in [1.82, 2.24) is 84.7 Å². The van der Waals surface area contributed by atoms with Gasteiger partial charge in [-0.15, -0.1) is 0 Å². The van der Waals surface area contributed by atoms with E-state index in [4.69, 9.17) is 34.6 Å². The first kappa shape index (κ1) is 72.4. The Hall–Kier alpha value is -12.2. The number of fused-ring (bicyclic) bond motifs is 3. The summed E-state index contributed by atoms with van der Waals surface area (Å²) >= 11 is 0. The van der Waals surface area contributed by atoms with Crippen LogP contribution in [0.25, 0.3) is 71.7 Å². The van der Waals surface area contributed by atoms with Gasteiger partial charge in [-0.2, -0.15) is 30.2 Å². The zero-order valence-corrected chi connectivity index (χ0v) is 62.2. The molecule has 0 radical (unpaired) electrons. The van der Waals surface area contributed by atoms with Crippen molar-refractivity contribution in [3.05, 3.63) is 149 Å². The van der Waals surface area contributed by atoms with E-state index in [1.165, 1.54) is 0 Å². The molecule has 109 heavy (non-hydrogen) atoms. The molecule has 3 unspecified atom stereocenters. The van der Waals surface area contributed by atoms with Crippen molar-refractivity contribution in [2.24, 2.45) is 38.9 Å². The summed E-state index contributed by atoms with van der Waals surface area (Å²) in [6, 6.07) is 30.6. The molecule has 6 saturated heterocycles. The Balaban J connectivity index is 0.000000132. The van der Waals surface area contributed by atoms with Crippen LogP contribution in [0.3, 0.4) is 0 Å².